The molecule has 28 heavy (non-hydrogen) atoms. The number of thiophene rings is 1. The first-order valence-electron chi connectivity index (χ1n) is 8.18. The Morgan fingerprint density at radius 1 is 1.21 bits per heavy atom. The number of benzene rings is 2. The molecule has 1 aromatic heterocycles. The van der Waals surface area contributed by atoms with E-state index in [2.05, 4.69) is 42.4 Å². The van der Waals surface area contributed by atoms with Crippen LogP contribution in [0.2, 0.25) is 0 Å². The van der Waals surface area contributed by atoms with E-state index >= 15 is 0 Å². The van der Waals surface area contributed by atoms with Crippen molar-refractivity contribution in [2.24, 2.45) is 5.10 Å². The van der Waals surface area contributed by atoms with Crippen molar-refractivity contribution in [3.8, 4) is 11.5 Å². The van der Waals surface area contributed by atoms with Crippen molar-refractivity contribution in [2.75, 3.05) is 7.11 Å². The number of hydrogen-bond donors (Lipinski definition) is 1. The van der Waals surface area contributed by atoms with Gasteiger partial charge in [0.2, 0.25) is 0 Å². The van der Waals surface area contributed by atoms with Crippen LogP contribution in [0.4, 0.5) is 0 Å². The van der Waals surface area contributed by atoms with Crippen LogP contribution >= 0.6 is 43.2 Å². The van der Waals surface area contributed by atoms with Crippen molar-refractivity contribution in [1.29, 1.82) is 0 Å². The van der Waals surface area contributed by atoms with Gasteiger partial charge in [0.05, 0.1) is 22.7 Å². The highest BCUT2D eigenvalue weighted by Crippen LogP contribution is 2.36. The quantitative estimate of drug-likeness (QED) is 0.322. The van der Waals surface area contributed by atoms with Crippen molar-refractivity contribution in [3.05, 3.63) is 78.9 Å². The molecule has 3 aromatic rings. The molecule has 0 spiro atoms. The molecule has 8 heteroatoms. The maximum Gasteiger partial charge on any atom is 0.281 e. The van der Waals surface area contributed by atoms with Gasteiger partial charge in [-0.3, -0.25) is 4.79 Å². The number of halogens is 2. The normalized spacial score (nSPS) is 10.8. The number of carbonyl (C=O) groups excluding carboxylic acids is 1. The Labute approximate surface area is 183 Å². The van der Waals surface area contributed by atoms with E-state index in [4.69, 9.17) is 9.47 Å². The minimum absolute atomic E-state index is 0.244. The van der Waals surface area contributed by atoms with Crippen LogP contribution in [0.15, 0.2) is 68.0 Å². The second-order valence-corrected chi connectivity index (χ2v) is 8.34. The Kier molecular flexibility index (Phi) is 7.24. The van der Waals surface area contributed by atoms with E-state index in [0.29, 0.717) is 23.0 Å². The number of nitrogens with zero attached hydrogens (tertiary/aromatic N) is 1. The lowest BCUT2D eigenvalue weighted by Gasteiger charge is -2.13. The summed E-state index contributed by atoms with van der Waals surface area (Å²) in [5, 5.41) is 5.85. The molecular formula is C20H16Br2N2O3S. The molecule has 0 aliphatic rings. The Hall–Kier alpha value is -2.16. The first kappa shape index (κ1) is 20.6. The van der Waals surface area contributed by atoms with E-state index < -0.39 is 0 Å². The number of methoxy groups -OCH3 is 1. The summed E-state index contributed by atoms with van der Waals surface area (Å²) in [7, 11) is 1.58. The molecule has 0 bridgehead atoms. The molecule has 0 saturated heterocycles. The summed E-state index contributed by atoms with van der Waals surface area (Å²) in [6.07, 6.45) is 1.55. The molecule has 0 fully saturated rings. The molecular weight excluding hydrogens is 508 g/mol. The van der Waals surface area contributed by atoms with Gasteiger partial charge in [-0.25, -0.2) is 5.43 Å². The fraction of sp³-hybridized carbons (Fsp3) is 0.100. The van der Waals surface area contributed by atoms with Gasteiger partial charge < -0.3 is 9.47 Å². The van der Waals surface area contributed by atoms with Crippen molar-refractivity contribution in [3.63, 3.8) is 0 Å². The molecule has 144 valence electrons. The monoisotopic (exact) mass is 522 g/mol. The fourth-order valence-corrected chi connectivity index (χ4v) is 3.77. The van der Waals surface area contributed by atoms with Crippen LogP contribution in [0.1, 0.15) is 20.8 Å². The molecule has 0 saturated carbocycles. The first-order valence-corrected chi connectivity index (χ1v) is 10.6. The summed E-state index contributed by atoms with van der Waals surface area (Å²) in [6.45, 7) is 0.409. The van der Waals surface area contributed by atoms with Gasteiger partial charge in [0.1, 0.15) is 6.61 Å². The van der Waals surface area contributed by atoms with Gasteiger partial charge in [0, 0.05) is 4.47 Å². The number of hydrazone groups is 1. The Morgan fingerprint density at radius 2 is 2.00 bits per heavy atom. The van der Waals surface area contributed by atoms with Crippen molar-refractivity contribution >= 4 is 55.3 Å². The van der Waals surface area contributed by atoms with E-state index in [-0.39, 0.29) is 5.91 Å². The van der Waals surface area contributed by atoms with Gasteiger partial charge in [0.15, 0.2) is 11.5 Å². The Morgan fingerprint density at radius 3 is 2.68 bits per heavy atom. The SMILES string of the molecule is COc1cc(/C=N\NC(=O)c2cccs2)cc(Br)c1OCc1ccc(Br)cc1. The van der Waals surface area contributed by atoms with E-state index in [0.717, 1.165) is 20.1 Å². The predicted molar refractivity (Wildman–Crippen MR) is 119 cm³/mol. The number of amides is 1. The maximum atomic E-state index is 11.9. The largest absolute Gasteiger partial charge is 0.493 e. The van der Waals surface area contributed by atoms with Crippen LogP contribution in [0.25, 0.3) is 0 Å². The highest BCUT2D eigenvalue weighted by molar-refractivity contribution is 9.10. The number of carbonyl (C=O) groups is 1. The molecule has 0 unspecified atom stereocenters. The number of nitrogens with one attached hydrogen (secondary N) is 1. The summed E-state index contributed by atoms with van der Waals surface area (Å²) in [5.74, 6) is 0.925. The molecule has 5 nitrogen and oxygen atoms in total. The zero-order valence-corrected chi connectivity index (χ0v) is 18.8. The van der Waals surface area contributed by atoms with Crippen molar-refractivity contribution in [2.45, 2.75) is 6.61 Å². The molecule has 1 N–H and O–H groups in total. The second-order valence-electron chi connectivity index (χ2n) is 5.63. The number of hydrogen-bond acceptors (Lipinski definition) is 5. The van der Waals surface area contributed by atoms with Gasteiger partial charge >= 0.3 is 0 Å². The molecule has 0 aliphatic carbocycles. The number of ether oxygens (including phenoxy) is 2. The van der Waals surface area contributed by atoms with Crippen LogP contribution in [0.5, 0.6) is 11.5 Å². The van der Waals surface area contributed by atoms with Gasteiger partial charge in [-0.05, 0) is 62.8 Å². The zero-order valence-electron chi connectivity index (χ0n) is 14.8. The van der Waals surface area contributed by atoms with Crippen LogP contribution in [-0.4, -0.2) is 19.2 Å². The highest BCUT2D eigenvalue weighted by Gasteiger charge is 2.12. The lowest BCUT2D eigenvalue weighted by Crippen LogP contribution is -2.16. The van der Waals surface area contributed by atoms with Crippen LogP contribution < -0.4 is 14.9 Å². The lowest BCUT2D eigenvalue weighted by molar-refractivity contribution is 0.0959. The summed E-state index contributed by atoms with van der Waals surface area (Å²) >= 11 is 8.29. The smallest absolute Gasteiger partial charge is 0.281 e. The molecule has 1 amide bonds. The van der Waals surface area contributed by atoms with Gasteiger partial charge in [-0.15, -0.1) is 11.3 Å². The minimum Gasteiger partial charge on any atom is -0.493 e. The molecule has 0 radical (unpaired) electrons. The predicted octanol–water partition coefficient (Wildman–Crippen LogP) is 5.62. The topological polar surface area (TPSA) is 59.9 Å². The Bertz CT molecular complexity index is 974. The van der Waals surface area contributed by atoms with E-state index in [1.54, 1.807) is 25.5 Å². The second kappa shape index (κ2) is 9.86. The standard InChI is InChI=1S/C20H16Br2N2O3S/c1-26-17-10-14(11-23-24-20(25)18-3-2-8-28-18)9-16(22)19(17)27-12-13-4-6-15(21)7-5-13/h2-11H,12H2,1H3,(H,24,25)/b23-11-. The van der Waals surface area contributed by atoms with Crippen molar-refractivity contribution in [1.82, 2.24) is 5.43 Å². The highest BCUT2D eigenvalue weighted by atomic mass is 79.9. The Balaban J connectivity index is 1.69. The van der Waals surface area contributed by atoms with Gasteiger partial charge in [-0.1, -0.05) is 34.1 Å². The van der Waals surface area contributed by atoms with Gasteiger partial charge in [0.25, 0.3) is 5.91 Å². The average Bonchev–Trinajstić information content (AvgIpc) is 3.23. The minimum atomic E-state index is -0.244. The molecule has 1 heterocycles. The summed E-state index contributed by atoms with van der Waals surface area (Å²) in [4.78, 5) is 12.5. The first-order chi connectivity index (χ1) is 13.6. The third kappa shape index (κ3) is 5.43. The third-order valence-corrected chi connectivity index (χ3v) is 5.66. The van der Waals surface area contributed by atoms with Crippen LogP contribution in [-0.2, 0) is 6.61 Å². The number of rotatable bonds is 7. The zero-order chi connectivity index (χ0) is 19.9. The van der Waals surface area contributed by atoms with E-state index in [1.807, 2.05) is 41.8 Å². The van der Waals surface area contributed by atoms with Gasteiger partial charge in [-0.2, -0.15) is 5.10 Å². The molecule has 0 atom stereocenters. The third-order valence-electron chi connectivity index (χ3n) is 3.67. The summed E-state index contributed by atoms with van der Waals surface area (Å²) < 4.78 is 13.1. The van der Waals surface area contributed by atoms with Crippen LogP contribution in [0, 0.1) is 0 Å². The van der Waals surface area contributed by atoms with Crippen LogP contribution in [0.3, 0.4) is 0 Å². The van der Waals surface area contributed by atoms with E-state index in [1.165, 1.54) is 11.3 Å². The lowest BCUT2D eigenvalue weighted by atomic mass is 10.2. The van der Waals surface area contributed by atoms with E-state index in [9.17, 15) is 4.79 Å². The summed E-state index contributed by atoms with van der Waals surface area (Å²) in [5.41, 5.74) is 4.30. The fourth-order valence-electron chi connectivity index (χ4n) is 2.32. The molecule has 3 rings (SSSR count). The summed E-state index contributed by atoms with van der Waals surface area (Å²) in [6, 6.07) is 15.1. The molecule has 0 aliphatic heterocycles. The molecule has 2 aromatic carbocycles. The van der Waals surface area contributed by atoms with Crippen molar-refractivity contribution < 1.29 is 14.3 Å². The average molecular weight is 524 g/mol. The maximum absolute atomic E-state index is 11.9.